The van der Waals surface area contributed by atoms with E-state index in [9.17, 15) is 0 Å². The highest BCUT2D eigenvalue weighted by Crippen LogP contribution is 2.33. The second kappa shape index (κ2) is 6.62. The molecular formula is C18H28N2. The average Bonchev–Trinajstić information content (AvgIpc) is 2.76. The van der Waals surface area contributed by atoms with Crippen LogP contribution in [-0.4, -0.2) is 19.1 Å². The van der Waals surface area contributed by atoms with Gasteiger partial charge in [-0.25, -0.2) is 0 Å². The molecule has 20 heavy (non-hydrogen) atoms. The molecule has 1 aliphatic heterocycles. The van der Waals surface area contributed by atoms with E-state index in [0.717, 1.165) is 18.5 Å². The third-order valence-corrected chi connectivity index (χ3v) is 5.12. The van der Waals surface area contributed by atoms with Gasteiger partial charge in [-0.05, 0) is 49.8 Å². The molecule has 1 fully saturated rings. The molecule has 1 heterocycles. The Kier molecular flexibility index (Phi) is 4.62. The van der Waals surface area contributed by atoms with Crippen molar-refractivity contribution in [3.05, 3.63) is 29.8 Å². The third-order valence-electron chi connectivity index (χ3n) is 5.12. The molecule has 2 nitrogen and oxygen atoms in total. The number of anilines is 1. The van der Waals surface area contributed by atoms with Crippen LogP contribution < -0.4 is 10.6 Å². The summed E-state index contributed by atoms with van der Waals surface area (Å²) in [5.41, 5.74) is 2.87. The van der Waals surface area contributed by atoms with Crippen LogP contribution >= 0.6 is 0 Å². The van der Waals surface area contributed by atoms with Crippen LogP contribution in [0.1, 0.15) is 56.9 Å². The second-order valence-electron chi connectivity index (χ2n) is 6.72. The van der Waals surface area contributed by atoms with Crippen molar-refractivity contribution in [3.63, 3.8) is 0 Å². The summed E-state index contributed by atoms with van der Waals surface area (Å²) in [6, 6.07) is 9.55. The summed E-state index contributed by atoms with van der Waals surface area (Å²) < 4.78 is 0. The molecule has 0 aromatic heterocycles. The number of nitrogens with one attached hydrogen (secondary N) is 2. The molecule has 0 bridgehead atoms. The maximum atomic E-state index is 3.81. The van der Waals surface area contributed by atoms with Crippen molar-refractivity contribution in [2.75, 3.05) is 18.4 Å². The van der Waals surface area contributed by atoms with Crippen LogP contribution in [0, 0.1) is 5.92 Å². The minimum Gasteiger partial charge on any atom is -0.384 e. The predicted molar refractivity (Wildman–Crippen MR) is 86.3 cm³/mol. The normalized spacial score (nSPS) is 29.6. The quantitative estimate of drug-likeness (QED) is 0.805. The summed E-state index contributed by atoms with van der Waals surface area (Å²) in [7, 11) is 0. The molecule has 2 N–H and O–H groups in total. The Labute approximate surface area is 123 Å². The molecule has 2 heteroatoms. The maximum Gasteiger partial charge on any atom is 0.0376 e. The lowest BCUT2D eigenvalue weighted by Gasteiger charge is -2.18. The van der Waals surface area contributed by atoms with E-state index in [1.54, 1.807) is 0 Å². The van der Waals surface area contributed by atoms with Gasteiger partial charge in [-0.15, -0.1) is 0 Å². The van der Waals surface area contributed by atoms with Gasteiger partial charge in [-0.1, -0.05) is 38.0 Å². The van der Waals surface area contributed by atoms with Crippen LogP contribution in [0.25, 0.3) is 0 Å². The highest BCUT2D eigenvalue weighted by molar-refractivity contribution is 5.57. The van der Waals surface area contributed by atoms with Gasteiger partial charge in [0.1, 0.15) is 0 Å². The Morgan fingerprint density at radius 3 is 3.00 bits per heavy atom. The Morgan fingerprint density at radius 2 is 2.05 bits per heavy atom. The SMILES string of the molecule is CC1CCCC(NCCC2CNc3ccccc32)CC1. The highest BCUT2D eigenvalue weighted by atomic mass is 14.9. The first-order valence-electron chi connectivity index (χ1n) is 8.39. The summed E-state index contributed by atoms with van der Waals surface area (Å²) in [5.74, 6) is 1.64. The van der Waals surface area contributed by atoms with Gasteiger partial charge in [-0.3, -0.25) is 0 Å². The summed E-state index contributed by atoms with van der Waals surface area (Å²) in [4.78, 5) is 0. The minimum absolute atomic E-state index is 0.698. The molecule has 110 valence electrons. The standard InChI is InChI=1S/C18H28N2/c1-14-5-4-6-16(10-9-14)19-12-11-15-13-20-18-8-3-2-7-17(15)18/h2-3,7-8,14-16,19-20H,4-6,9-13H2,1H3. The molecule has 3 rings (SSSR count). The highest BCUT2D eigenvalue weighted by Gasteiger charge is 2.21. The van der Waals surface area contributed by atoms with E-state index in [1.807, 2.05) is 0 Å². The van der Waals surface area contributed by atoms with Crippen LogP contribution in [0.15, 0.2) is 24.3 Å². The first kappa shape index (κ1) is 13.9. The molecule has 1 saturated carbocycles. The zero-order chi connectivity index (χ0) is 13.8. The molecule has 0 radical (unpaired) electrons. The Morgan fingerprint density at radius 1 is 1.15 bits per heavy atom. The van der Waals surface area contributed by atoms with E-state index < -0.39 is 0 Å². The lowest BCUT2D eigenvalue weighted by Crippen LogP contribution is -2.30. The van der Waals surface area contributed by atoms with Crippen molar-refractivity contribution in [2.24, 2.45) is 5.92 Å². The molecule has 2 aliphatic rings. The van der Waals surface area contributed by atoms with Gasteiger partial charge >= 0.3 is 0 Å². The number of hydrogen-bond acceptors (Lipinski definition) is 2. The van der Waals surface area contributed by atoms with Gasteiger partial charge in [0.25, 0.3) is 0 Å². The second-order valence-corrected chi connectivity index (χ2v) is 6.72. The van der Waals surface area contributed by atoms with Crippen LogP contribution in [0.3, 0.4) is 0 Å². The van der Waals surface area contributed by atoms with Crippen LogP contribution in [-0.2, 0) is 0 Å². The topological polar surface area (TPSA) is 24.1 Å². The van der Waals surface area contributed by atoms with Gasteiger partial charge in [0.2, 0.25) is 0 Å². The van der Waals surface area contributed by atoms with Crippen molar-refractivity contribution in [1.29, 1.82) is 0 Å². The first-order chi connectivity index (χ1) is 9.83. The van der Waals surface area contributed by atoms with Crippen molar-refractivity contribution in [2.45, 2.75) is 57.4 Å². The lowest BCUT2D eigenvalue weighted by atomic mass is 9.97. The Hall–Kier alpha value is -1.02. The first-order valence-corrected chi connectivity index (χ1v) is 8.39. The van der Waals surface area contributed by atoms with E-state index in [1.165, 1.54) is 56.3 Å². The zero-order valence-corrected chi connectivity index (χ0v) is 12.7. The van der Waals surface area contributed by atoms with Gasteiger partial charge in [0.15, 0.2) is 0 Å². The van der Waals surface area contributed by atoms with Crippen molar-refractivity contribution in [1.82, 2.24) is 5.32 Å². The van der Waals surface area contributed by atoms with Crippen molar-refractivity contribution < 1.29 is 0 Å². The van der Waals surface area contributed by atoms with E-state index in [0.29, 0.717) is 5.92 Å². The van der Waals surface area contributed by atoms with E-state index >= 15 is 0 Å². The monoisotopic (exact) mass is 272 g/mol. The largest absolute Gasteiger partial charge is 0.384 e. The minimum atomic E-state index is 0.698. The predicted octanol–water partition coefficient (Wildman–Crippen LogP) is 4.14. The van der Waals surface area contributed by atoms with Gasteiger partial charge in [-0.2, -0.15) is 0 Å². The molecule has 0 amide bonds. The molecular weight excluding hydrogens is 244 g/mol. The van der Waals surface area contributed by atoms with Crippen molar-refractivity contribution >= 4 is 5.69 Å². The number of benzene rings is 1. The molecule has 1 aromatic carbocycles. The van der Waals surface area contributed by atoms with E-state index in [4.69, 9.17) is 0 Å². The molecule has 1 aromatic rings. The molecule has 3 unspecified atom stereocenters. The maximum absolute atomic E-state index is 3.81. The van der Waals surface area contributed by atoms with E-state index in [2.05, 4.69) is 41.8 Å². The third kappa shape index (κ3) is 3.35. The summed E-state index contributed by atoms with van der Waals surface area (Å²) in [6.45, 7) is 4.69. The fourth-order valence-corrected chi connectivity index (χ4v) is 3.77. The van der Waals surface area contributed by atoms with Crippen LogP contribution in [0.2, 0.25) is 0 Å². The van der Waals surface area contributed by atoms with Crippen LogP contribution in [0.4, 0.5) is 5.69 Å². The summed E-state index contributed by atoms with van der Waals surface area (Å²) in [5, 5.41) is 7.34. The fourth-order valence-electron chi connectivity index (χ4n) is 3.77. The van der Waals surface area contributed by atoms with E-state index in [-0.39, 0.29) is 0 Å². The summed E-state index contributed by atoms with van der Waals surface area (Å²) >= 11 is 0. The van der Waals surface area contributed by atoms with Gasteiger partial charge in [0.05, 0.1) is 0 Å². The number of rotatable bonds is 4. The Balaban J connectivity index is 1.44. The molecule has 1 aliphatic carbocycles. The molecule has 0 spiro atoms. The molecule has 3 atom stereocenters. The lowest BCUT2D eigenvalue weighted by molar-refractivity contribution is 0.437. The fraction of sp³-hybridized carbons (Fsp3) is 0.667. The summed E-state index contributed by atoms with van der Waals surface area (Å²) in [6.07, 6.45) is 8.26. The average molecular weight is 272 g/mol. The van der Waals surface area contributed by atoms with Gasteiger partial charge < -0.3 is 10.6 Å². The molecule has 0 saturated heterocycles. The Bertz CT molecular complexity index is 429. The van der Waals surface area contributed by atoms with Gasteiger partial charge in [0, 0.05) is 24.2 Å². The smallest absolute Gasteiger partial charge is 0.0376 e. The van der Waals surface area contributed by atoms with Crippen LogP contribution in [0.5, 0.6) is 0 Å². The zero-order valence-electron chi connectivity index (χ0n) is 12.7. The number of fused-ring (bicyclic) bond motifs is 1. The number of para-hydroxylation sites is 1. The number of hydrogen-bond donors (Lipinski definition) is 2. The van der Waals surface area contributed by atoms with Crippen molar-refractivity contribution in [3.8, 4) is 0 Å².